The summed E-state index contributed by atoms with van der Waals surface area (Å²) in [6, 6.07) is 9.93. The van der Waals surface area contributed by atoms with Crippen LogP contribution in [0.1, 0.15) is 60.5 Å². The number of aliphatic hydroxyl groups excluding tert-OH is 1. The normalized spacial score (nSPS) is 13.9. The number of carbonyl (C=O) groups is 1. The van der Waals surface area contributed by atoms with E-state index in [-0.39, 0.29) is 18.4 Å². The third-order valence-corrected chi connectivity index (χ3v) is 4.21. The molecule has 1 aromatic rings. The fraction of sp³-hybridized carbons (Fsp3) is 0.696. The molecule has 0 aliphatic carbocycles. The Morgan fingerprint density at radius 2 is 1.66 bits per heavy atom. The van der Waals surface area contributed by atoms with Gasteiger partial charge in [-0.3, -0.25) is 4.90 Å². The summed E-state index contributed by atoms with van der Waals surface area (Å²) in [6.07, 6.45) is -0.450. The van der Waals surface area contributed by atoms with E-state index < -0.39 is 17.8 Å². The summed E-state index contributed by atoms with van der Waals surface area (Å²) in [7, 11) is 0. The van der Waals surface area contributed by atoms with Crippen molar-refractivity contribution in [1.82, 2.24) is 10.2 Å². The highest BCUT2D eigenvalue weighted by Crippen LogP contribution is 2.15. The fourth-order valence-corrected chi connectivity index (χ4v) is 3.23. The highest BCUT2D eigenvalue weighted by Gasteiger charge is 2.27. The van der Waals surface area contributed by atoms with Crippen molar-refractivity contribution in [1.29, 1.82) is 0 Å². The van der Waals surface area contributed by atoms with E-state index in [4.69, 9.17) is 4.74 Å². The lowest BCUT2D eigenvalue weighted by atomic mass is 9.98. The lowest BCUT2D eigenvalue weighted by Crippen LogP contribution is -2.50. The number of benzene rings is 1. The molecule has 0 bridgehead atoms. The van der Waals surface area contributed by atoms with Crippen molar-refractivity contribution < 1.29 is 14.6 Å². The number of alkyl carbamates (subject to hydrolysis) is 1. The quantitative estimate of drug-likeness (QED) is 0.558. The summed E-state index contributed by atoms with van der Waals surface area (Å²) < 4.78 is 5.39. The molecule has 2 unspecified atom stereocenters. The van der Waals surface area contributed by atoms with Crippen LogP contribution in [0.4, 0.5) is 4.79 Å². The second-order valence-electron chi connectivity index (χ2n) is 9.52. The minimum atomic E-state index is -0.669. The summed E-state index contributed by atoms with van der Waals surface area (Å²) in [5.74, 6) is 0.834. The maximum atomic E-state index is 12.3. The molecule has 0 saturated carbocycles. The van der Waals surface area contributed by atoms with E-state index in [0.29, 0.717) is 24.8 Å². The molecule has 0 saturated heterocycles. The Balaban J connectivity index is 0.00000784. The van der Waals surface area contributed by atoms with Gasteiger partial charge in [-0.1, -0.05) is 58.0 Å². The summed E-state index contributed by atoms with van der Waals surface area (Å²) in [6.45, 7) is 16.2. The molecule has 168 valence electrons. The van der Waals surface area contributed by atoms with Crippen molar-refractivity contribution in [2.24, 2.45) is 11.8 Å². The summed E-state index contributed by atoms with van der Waals surface area (Å²) in [5.41, 5.74) is 0.657. The Kier molecular flexibility index (Phi) is 12.5. The number of halogens is 1. The average molecular weight is 429 g/mol. The van der Waals surface area contributed by atoms with E-state index in [1.165, 1.54) is 5.56 Å². The molecule has 0 aromatic heterocycles. The van der Waals surface area contributed by atoms with Crippen molar-refractivity contribution >= 4 is 18.5 Å². The third-order valence-electron chi connectivity index (χ3n) is 4.21. The Morgan fingerprint density at radius 1 is 1.07 bits per heavy atom. The van der Waals surface area contributed by atoms with Gasteiger partial charge in [-0.25, -0.2) is 4.79 Å². The molecule has 0 aliphatic heterocycles. The molecule has 0 fully saturated rings. The van der Waals surface area contributed by atoms with Crippen LogP contribution in [-0.4, -0.2) is 46.9 Å². The van der Waals surface area contributed by atoms with Crippen molar-refractivity contribution in [3.63, 3.8) is 0 Å². The fourth-order valence-electron chi connectivity index (χ4n) is 3.23. The molecular formula is C23H41ClN2O3. The van der Waals surface area contributed by atoms with Gasteiger partial charge in [0.1, 0.15) is 5.60 Å². The monoisotopic (exact) mass is 428 g/mol. The van der Waals surface area contributed by atoms with Gasteiger partial charge < -0.3 is 15.2 Å². The maximum Gasteiger partial charge on any atom is 0.407 e. The predicted molar refractivity (Wildman–Crippen MR) is 122 cm³/mol. The van der Waals surface area contributed by atoms with Crippen molar-refractivity contribution in [3.8, 4) is 0 Å². The van der Waals surface area contributed by atoms with Gasteiger partial charge in [-0.15, -0.1) is 12.4 Å². The van der Waals surface area contributed by atoms with Crippen LogP contribution in [0.5, 0.6) is 0 Å². The van der Waals surface area contributed by atoms with Gasteiger partial charge >= 0.3 is 6.09 Å². The molecule has 2 atom stereocenters. The number of nitrogens with zero attached hydrogens (tertiary/aromatic N) is 1. The van der Waals surface area contributed by atoms with Crippen LogP contribution in [0, 0.1) is 11.8 Å². The van der Waals surface area contributed by atoms with E-state index in [2.05, 4.69) is 50.0 Å². The molecule has 6 heteroatoms. The van der Waals surface area contributed by atoms with E-state index in [0.717, 1.165) is 13.1 Å². The second-order valence-corrected chi connectivity index (χ2v) is 9.52. The SMILES string of the molecule is CC(C)CC(NC(=O)OC(C)(C)C)C(O)CN(Cc1ccccc1)CC(C)C.Cl. The van der Waals surface area contributed by atoms with Crippen LogP contribution < -0.4 is 5.32 Å². The molecule has 29 heavy (non-hydrogen) atoms. The number of ether oxygens (including phenoxy) is 1. The van der Waals surface area contributed by atoms with Gasteiger partial charge in [0.15, 0.2) is 0 Å². The Morgan fingerprint density at radius 3 is 2.14 bits per heavy atom. The highest BCUT2D eigenvalue weighted by atomic mass is 35.5. The largest absolute Gasteiger partial charge is 0.444 e. The molecule has 0 heterocycles. The Bertz CT molecular complexity index is 573. The van der Waals surface area contributed by atoms with E-state index in [1.54, 1.807) is 0 Å². The van der Waals surface area contributed by atoms with Crippen LogP contribution >= 0.6 is 12.4 Å². The number of hydrogen-bond acceptors (Lipinski definition) is 4. The van der Waals surface area contributed by atoms with Gasteiger partial charge in [0.05, 0.1) is 12.1 Å². The van der Waals surface area contributed by atoms with Crippen LogP contribution in [0.2, 0.25) is 0 Å². The zero-order chi connectivity index (χ0) is 21.3. The molecule has 1 rings (SSSR count). The summed E-state index contributed by atoms with van der Waals surface area (Å²) >= 11 is 0. The first-order chi connectivity index (χ1) is 13.0. The van der Waals surface area contributed by atoms with Gasteiger partial charge in [0, 0.05) is 19.6 Å². The zero-order valence-corrected chi connectivity index (χ0v) is 20.0. The Hall–Kier alpha value is -1.30. The molecule has 0 radical (unpaired) electrons. The smallest absolute Gasteiger partial charge is 0.407 e. The lowest BCUT2D eigenvalue weighted by molar-refractivity contribution is 0.0319. The zero-order valence-electron chi connectivity index (χ0n) is 19.1. The topological polar surface area (TPSA) is 61.8 Å². The molecule has 1 aromatic carbocycles. The molecule has 2 N–H and O–H groups in total. The molecule has 1 amide bonds. The van der Waals surface area contributed by atoms with Crippen LogP contribution in [0.15, 0.2) is 30.3 Å². The minimum absolute atomic E-state index is 0. The van der Waals surface area contributed by atoms with Gasteiger partial charge in [0.2, 0.25) is 0 Å². The number of hydrogen-bond donors (Lipinski definition) is 2. The average Bonchev–Trinajstić information content (AvgIpc) is 2.52. The van der Waals surface area contributed by atoms with Crippen molar-refractivity contribution in [2.75, 3.05) is 13.1 Å². The standard InChI is InChI=1S/C23H40N2O3.ClH/c1-17(2)13-20(24-22(27)28-23(5,6)7)21(26)16-25(14-18(3)4)15-19-11-9-8-10-12-19;/h8-12,17-18,20-21,26H,13-16H2,1-7H3,(H,24,27);1H. The van der Waals surface area contributed by atoms with Gasteiger partial charge in [-0.05, 0) is 44.6 Å². The molecule has 0 aliphatic rings. The van der Waals surface area contributed by atoms with E-state index in [9.17, 15) is 9.90 Å². The first-order valence-corrected chi connectivity index (χ1v) is 10.4. The third kappa shape index (κ3) is 12.8. The van der Waals surface area contributed by atoms with Crippen molar-refractivity contribution in [2.45, 2.75) is 79.2 Å². The first-order valence-electron chi connectivity index (χ1n) is 10.4. The van der Waals surface area contributed by atoms with Crippen LogP contribution in [0.3, 0.4) is 0 Å². The number of amides is 1. The maximum absolute atomic E-state index is 12.3. The number of nitrogens with one attached hydrogen (secondary N) is 1. The van der Waals surface area contributed by atoms with Gasteiger partial charge in [-0.2, -0.15) is 0 Å². The van der Waals surface area contributed by atoms with Crippen molar-refractivity contribution in [3.05, 3.63) is 35.9 Å². The number of aliphatic hydroxyl groups is 1. The minimum Gasteiger partial charge on any atom is -0.444 e. The lowest BCUT2D eigenvalue weighted by Gasteiger charge is -2.32. The highest BCUT2D eigenvalue weighted by molar-refractivity contribution is 5.85. The summed E-state index contributed by atoms with van der Waals surface area (Å²) in [5, 5.41) is 13.8. The second kappa shape index (κ2) is 13.1. The first kappa shape index (κ1) is 27.7. The molecule has 0 spiro atoms. The molecule has 5 nitrogen and oxygen atoms in total. The van der Waals surface area contributed by atoms with Gasteiger partial charge in [0.25, 0.3) is 0 Å². The molecular weight excluding hydrogens is 388 g/mol. The number of carbonyl (C=O) groups excluding carboxylic acids is 1. The van der Waals surface area contributed by atoms with Crippen LogP contribution in [0.25, 0.3) is 0 Å². The number of rotatable bonds is 10. The Labute approximate surface area is 183 Å². The summed E-state index contributed by atoms with van der Waals surface area (Å²) in [4.78, 5) is 14.5. The predicted octanol–water partition coefficient (Wildman–Crippen LogP) is 4.87. The van der Waals surface area contributed by atoms with E-state index >= 15 is 0 Å². The van der Waals surface area contributed by atoms with Crippen LogP contribution in [-0.2, 0) is 11.3 Å². The van der Waals surface area contributed by atoms with E-state index in [1.807, 2.05) is 39.0 Å².